The van der Waals surface area contributed by atoms with Crippen LogP contribution in [-0.2, 0) is 26.2 Å². The van der Waals surface area contributed by atoms with Crippen molar-refractivity contribution in [2.24, 2.45) is 0 Å². The van der Waals surface area contributed by atoms with Crippen LogP contribution in [0.15, 0.2) is 71.6 Å². The van der Waals surface area contributed by atoms with Crippen LogP contribution in [0.4, 0.5) is 0 Å². The Morgan fingerprint density at radius 3 is 2.52 bits per heavy atom. The van der Waals surface area contributed by atoms with Crippen LogP contribution in [-0.4, -0.2) is 20.9 Å². The van der Waals surface area contributed by atoms with Crippen molar-refractivity contribution in [3.8, 4) is 0 Å². The van der Waals surface area contributed by atoms with E-state index in [0.717, 1.165) is 16.3 Å². The Labute approximate surface area is 163 Å². The first kappa shape index (κ1) is 19.4. The molecule has 7 heteroatoms. The van der Waals surface area contributed by atoms with E-state index in [-0.39, 0.29) is 24.5 Å². The molecule has 0 aliphatic carbocycles. The van der Waals surface area contributed by atoms with Crippen molar-refractivity contribution in [1.29, 1.82) is 0 Å². The van der Waals surface area contributed by atoms with E-state index in [1.54, 1.807) is 42.5 Å². The SMILES string of the molecule is O=C(CCNS(=O)(=O)c1ccc2ccccc2c1)OCc1cccc(Cl)c1. The molecular formula is C20H18ClNO4S. The number of rotatable bonds is 7. The lowest BCUT2D eigenvalue weighted by Crippen LogP contribution is -2.26. The standard InChI is InChI=1S/C20H18ClNO4S/c21-18-7-3-4-15(12-18)14-26-20(23)10-11-22-27(24,25)19-9-8-16-5-1-2-6-17(16)13-19/h1-9,12-13,22H,10-11,14H2. The zero-order chi connectivity index (χ0) is 19.3. The van der Waals surface area contributed by atoms with Gasteiger partial charge in [-0.25, -0.2) is 13.1 Å². The number of ether oxygens (including phenoxy) is 1. The van der Waals surface area contributed by atoms with Crippen molar-refractivity contribution < 1.29 is 17.9 Å². The molecule has 0 saturated carbocycles. The van der Waals surface area contributed by atoms with Crippen LogP contribution in [0.5, 0.6) is 0 Å². The predicted molar refractivity (Wildman–Crippen MR) is 105 cm³/mol. The van der Waals surface area contributed by atoms with Crippen molar-refractivity contribution in [2.45, 2.75) is 17.9 Å². The molecule has 0 atom stereocenters. The van der Waals surface area contributed by atoms with Crippen molar-refractivity contribution in [3.05, 3.63) is 77.3 Å². The number of hydrogen-bond acceptors (Lipinski definition) is 4. The minimum atomic E-state index is -3.70. The lowest BCUT2D eigenvalue weighted by molar-refractivity contribution is -0.144. The fourth-order valence-corrected chi connectivity index (χ4v) is 3.85. The summed E-state index contributed by atoms with van der Waals surface area (Å²) in [6.45, 7) is 0.0559. The van der Waals surface area contributed by atoms with Gasteiger partial charge in [-0.15, -0.1) is 0 Å². The normalized spacial score (nSPS) is 11.4. The summed E-state index contributed by atoms with van der Waals surface area (Å²) in [4.78, 5) is 12.0. The maximum atomic E-state index is 12.4. The molecule has 5 nitrogen and oxygen atoms in total. The first-order valence-corrected chi connectivity index (χ1v) is 10.2. The molecule has 0 heterocycles. The van der Waals surface area contributed by atoms with Crippen LogP contribution >= 0.6 is 11.6 Å². The Bertz CT molecular complexity index is 1070. The molecule has 3 aromatic carbocycles. The van der Waals surface area contributed by atoms with Gasteiger partial charge in [0.05, 0.1) is 11.3 Å². The number of fused-ring (bicyclic) bond motifs is 1. The summed E-state index contributed by atoms with van der Waals surface area (Å²) in [5.41, 5.74) is 0.771. The molecule has 0 fully saturated rings. The van der Waals surface area contributed by atoms with Crippen LogP contribution in [0.2, 0.25) is 5.02 Å². The van der Waals surface area contributed by atoms with Gasteiger partial charge in [-0.3, -0.25) is 4.79 Å². The van der Waals surface area contributed by atoms with Gasteiger partial charge < -0.3 is 4.74 Å². The molecular weight excluding hydrogens is 386 g/mol. The third-order valence-electron chi connectivity index (χ3n) is 3.94. The Morgan fingerprint density at radius 2 is 1.74 bits per heavy atom. The summed E-state index contributed by atoms with van der Waals surface area (Å²) in [6.07, 6.45) is -0.0621. The second-order valence-electron chi connectivity index (χ2n) is 5.95. The number of carbonyl (C=O) groups is 1. The number of hydrogen-bond donors (Lipinski definition) is 1. The fraction of sp³-hybridized carbons (Fsp3) is 0.150. The Kier molecular flexibility index (Phi) is 6.11. The van der Waals surface area contributed by atoms with Crippen LogP contribution in [0.1, 0.15) is 12.0 Å². The van der Waals surface area contributed by atoms with E-state index >= 15 is 0 Å². The minimum absolute atomic E-state index is 0.0382. The van der Waals surface area contributed by atoms with Crippen LogP contribution in [0, 0.1) is 0 Å². The van der Waals surface area contributed by atoms with E-state index in [0.29, 0.717) is 5.02 Å². The van der Waals surface area contributed by atoms with E-state index in [4.69, 9.17) is 16.3 Å². The monoisotopic (exact) mass is 403 g/mol. The molecule has 0 aliphatic rings. The molecule has 1 N–H and O–H groups in total. The summed E-state index contributed by atoms with van der Waals surface area (Å²) in [5, 5.41) is 2.36. The molecule has 3 aromatic rings. The predicted octanol–water partition coefficient (Wildman–Crippen LogP) is 3.91. The fourth-order valence-electron chi connectivity index (χ4n) is 2.57. The van der Waals surface area contributed by atoms with Crippen LogP contribution in [0.25, 0.3) is 10.8 Å². The van der Waals surface area contributed by atoms with Gasteiger partial charge in [0.1, 0.15) is 6.61 Å². The molecule has 27 heavy (non-hydrogen) atoms. The smallest absolute Gasteiger partial charge is 0.307 e. The van der Waals surface area contributed by atoms with Gasteiger partial charge in [0, 0.05) is 11.6 Å². The maximum Gasteiger partial charge on any atom is 0.307 e. The van der Waals surface area contributed by atoms with E-state index < -0.39 is 16.0 Å². The third kappa shape index (κ3) is 5.29. The summed E-state index contributed by atoms with van der Waals surface area (Å²) < 4.78 is 32.3. The largest absolute Gasteiger partial charge is 0.461 e. The van der Waals surface area contributed by atoms with E-state index in [2.05, 4.69) is 4.72 Å². The summed E-state index contributed by atoms with van der Waals surface area (Å²) in [5.74, 6) is -0.490. The van der Waals surface area contributed by atoms with Gasteiger partial charge in [0.15, 0.2) is 0 Å². The number of halogens is 1. The number of benzene rings is 3. The average molecular weight is 404 g/mol. The number of carbonyl (C=O) groups excluding carboxylic acids is 1. The van der Waals surface area contributed by atoms with Crippen molar-refractivity contribution in [1.82, 2.24) is 4.72 Å². The molecule has 0 spiro atoms. The maximum absolute atomic E-state index is 12.4. The minimum Gasteiger partial charge on any atom is -0.461 e. The highest BCUT2D eigenvalue weighted by Gasteiger charge is 2.15. The van der Waals surface area contributed by atoms with Gasteiger partial charge >= 0.3 is 5.97 Å². The highest BCUT2D eigenvalue weighted by atomic mass is 35.5. The zero-order valence-corrected chi connectivity index (χ0v) is 16.0. The van der Waals surface area contributed by atoms with Gasteiger partial charge in [-0.1, -0.05) is 54.1 Å². The third-order valence-corrected chi connectivity index (χ3v) is 5.64. The highest BCUT2D eigenvalue weighted by molar-refractivity contribution is 7.89. The van der Waals surface area contributed by atoms with Crippen molar-refractivity contribution >= 4 is 38.4 Å². The van der Waals surface area contributed by atoms with Gasteiger partial charge in [0.2, 0.25) is 10.0 Å². The lowest BCUT2D eigenvalue weighted by atomic mass is 10.1. The molecule has 0 aromatic heterocycles. The van der Waals surface area contributed by atoms with Crippen LogP contribution in [0.3, 0.4) is 0 Å². The number of sulfonamides is 1. The molecule has 0 saturated heterocycles. The molecule has 0 bridgehead atoms. The van der Waals surface area contributed by atoms with Gasteiger partial charge in [-0.2, -0.15) is 0 Å². The van der Waals surface area contributed by atoms with Gasteiger partial charge in [-0.05, 0) is 40.6 Å². The quantitative estimate of drug-likeness (QED) is 0.607. The summed E-state index contributed by atoms with van der Waals surface area (Å²) in [7, 11) is -3.70. The van der Waals surface area contributed by atoms with Crippen LogP contribution < -0.4 is 4.72 Å². The second kappa shape index (κ2) is 8.52. The second-order valence-corrected chi connectivity index (χ2v) is 8.15. The van der Waals surface area contributed by atoms with Crippen molar-refractivity contribution in [2.75, 3.05) is 6.54 Å². The molecule has 3 rings (SSSR count). The van der Waals surface area contributed by atoms with Crippen molar-refractivity contribution in [3.63, 3.8) is 0 Å². The molecule has 0 radical (unpaired) electrons. The first-order chi connectivity index (χ1) is 12.9. The molecule has 0 aliphatic heterocycles. The Balaban J connectivity index is 1.53. The van der Waals surface area contributed by atoms with E-state index in [1.165, 1.54) is 0 Å². The molecule has 0 unspecified atom stereocenters. The number of esters is 1. The lowest BCUT2D eigenvalue weighted by Gasteiger charge is -2.08. The zero-order valence-electron chi connectivity index (χ0n) is 14.4. The summed E-state index contributed by atoms with van der Waals surface area (Å²) >= 11 is 5.87. The van der Waals surface area contributed by atoms with E-state index in [9.17, 15) is 13.2 Å². The number of nitrogens with one attached hydrogen (secondary N) is 1. The van der Waals surface area contributed by atoms with E-state index in [1.807, 2.05) is 24.3 Å². The Morgan fingerprint density at radius 1 is 0.963 bits per heavy atom. The topological polar surface area (TPSA) is 72.5 Å². The first-order valence-electron chi connectivity index (χ1n) is 8.32. The molecule has 140 valence electrons. The van der Waals surface area contributed by atoms with Gasteiger partial charge in [0.25, 0.3) is 0 Å². The Hall–Kier alpha value is -2.41. The highest BCUT2D eigenvalue weighted by Crippen LogP contribution is 2.18. The molecule has 0 amide bonds. The summed E-state index contributed by atoms with van der Waals surface area (Å²) in [6, 6.07) is 19.4. The average Bonchev–Trinajstić information content (AvgIpc) is 2.66.